The lowest BCUT2D eigenvalue weighted by atomic mass is 10.1. The fourth-order valence-electron chi connectivity index (χ4n) is 2.66. The van der Waals surface area contributed by atoms with Crippen LogP contribution in [-0.4, -0.2) is 17.0 Å². The second kappa shape index (κ2) is 7.25. The largest absolute Gasteiger partial charge is 0.309 e. The van der Waals surface area contributed by atoms with Crippen LogP contribution in [0.5, 0.6) is 0 Å². The van der Waals surface area contributed by atoms with Crippen molar-refractivity contribution >= 4 is 11.8 Å². The summed E-state index contributed by atoms with van der Waals surface area (Å²) in [6, 6.07) is 7.25. The summed E-state index contributed by atoms with van der Waals surface area (Å²) in [6.45, 7) is 2.87. The number of hydrogen-bond acceptors (Lipinski definition) is 2. The van der Waals surface area contributed by atoms with Crippen molar-refractivity contribution in [2.45, 2.75) is 50.4 Å². The van der Waals surface area contributed by atoms with Gasteiger partial charge in [-0.1, -0.05) is 31.5 Å². The molecule has 0 heterocycles. The molecule has 1 nitrogen and oxygen atoms in total. The topological polar surface area (TPSA) is 12.0 Å². The number of rotatable bonds is 6. The minimum Gasteiger partial charge on any atom is -0.309 e. The summed E-state index contributed by atoms with van der Waals surface area (Å²) in [4.78, 5) is 0. The lowest BCUT2D eigenvalue weighted by Crippen LogP contribution is -2.33. The Morgan fingerprint density at radius 3 is 2.95 bits per heavy atom. The summed E-state index contributed by atoms with van der Waals surface area (Å²) in [6.07, 6.45) is 1.36. The van der Waals surface area contributed by atoms with Crippen LogP contribution in [0.4, 0.5) is 8.78 Å². The highest BCUT2D eigenvalue weighted by atomic mass is 32.2. The Bertz CT molecular complexity index is 397. The molecule has 1 fully saturated rings. The first-order valence-electron chi connectivity index (χ1n) is 6.92. The summed E-state index contributed by atoms with van der Waals surface area (Å²) < 4.78 is 25.3. The SMILES string of the molecule is CCSC1CCCC1NCc1cccc(C(F)F)c1. The van der Waals surface area contributed by atoms with E-state index in [0.717, 1.165) is 11.3 Å². The maximum absolute atomic E-state index is 12.6. The van der Waals surface area contributed by atoms with Crippen molar-refractivity contribution < 1.29 is 8.78 Å². The molecular formula is C15H21F2NS. The number of nitrogens with one attached hydrogen (secondary N) is 1. The smallest absolute Gasteiger partial charge is 0.263 e. The van der Waals surface area contributed by atoms with Crippen molar-refractivity contribution in [1.29, 1.82) is 0 Å². The molecule has 1 aliphatic carbocycles. The van der Waals surface area contributed by atoms with Crippen molar-refractivity contribution in [2.75, 3.05) is 5.75 Å². The van der Waals surface area contributed by atoms with Gasteiger partial charge in [-0.15, -0.1) is 0 Å². The maximum Gasteiger partial charge on any atom is 0.263 e. The zero-order valence-electron chi connectivity index (χ0n) is 11.2. The summed E-state index contributed by atoms with van der Waals surface area (Å²) >= 11 is 2.01. The number of alkyl halides is 2. The molecule has 1 saturated carbocycles. The average Bonchev–Trinajstić information content (AvgIpc) is 2.85. The second-order valence-corrected chi connectivity index (χ2v) is 6.47. The maximum atomic E-state index is 12.6. The molecule has 106 valence electrons. The van der Waals surface area contributed by atoms with Gasteiger partial charge in [0.15, 0.2) is 0 Å². The number of halogens is 2. The summed E-state index contributed by atoms with van der Waals surface area (Å²) in [5, 5.41) is 4.22. The van der Waals surface area contributed by atoms with Gasteiger partial charge in [0, 0.05) is 23.4 Å². The highest BCUT2D eigenvalue weighted by Crippen LogP contribution is 2.30. The molecule has 2 atom stereocenters. The van der Waals surface area contributed by atoms with Crippen molar-refractivity contribution in [3.05, 3.63) is 35.4 Å². The normalized spacial score (nSPS) is 23.2. The zero-order valence-corrected chi connectivity index (χ0v) is 12.1. The lowest BCUT2D eigenvalue weighted by molar-refractivity contribution is 0.151. The molecular weight excluding hydrogens is 264 g/mol. The van der Waals surface area contributed by atoms with Crippen molar-refractivity contribution in [2.24, 2.45) is 0 Å². The van der Waals surface area contributed by atoms with Crippen LogP contribution in [0.25, 0.3) is 0 Å². The predicted octanol–water partition coefficient (Wildman–Crippen LogP) is 4.39. The van der Waals surface area contributed by atoms with E-state index in [2.05, 4.69) is 12.2 Å². The van der Waals surface area contributed by atoms with E-state index in [1.54, 1.807) is 12.1 Å². The van der Waals surface area contributed by atoms with E-state index in [0.29, 0.717) is 17.8 Å². The van der Waals surface area contributed by atoms with Crippen LogP contribution < -0.4 is 5.32 Å². The zero-order chi connectivity index (χ0) is 13.7. The third kappa shape index (κ3) is 4.18. The molecule has 0 radical (unpaired) electrons. The first-order chi connectivity index (χ1) is 9.20. The Labute approximate surface area is 118 Å². The van der Waals surface area contributed by atoms with Gasteiger partial charge in [0.25, 0.3) is 6.43 Å². The summed E-state index contributed by atoms with van der Waals surface area (Å²) in [5.41, 5.74) is 1.06. The van der Waals surface area contributed by atoms with Crippen LogP contribution >= 0.6 is 11.8 Å². The first-order valence-corrected chi connectivity index (χ1v) is 7.97. The molecule has 0 aromatic heterocycles. The van der Waals surface area contributed by atoms with E-state index in [1.165, 1.54) is 25.3 Å². The van der Waals surface area contributed by atoms with Gasteiger partial charge in [-0.05, 0) is 30.2 Å². The molecule has 0 aliphatic heterocycles. The lowest BCUT2D eigenvalue weighted by Gasteiger charge is -2.20. The van der Waals surface area contributed by atoms with Crippen LogP contribution in [0.15, 0.2) is 24.3 Å². The van der Waals surface area contributed by atoms with E-state index in [4.69, 9.17) is 0 Å². The molecule has 0 spiro atoms. The van der Waals surface area contributed by atoms with E-state index in [-0.39, 0.29) is 5.56 Å². The molecule has 19 heavy (non-hydrogen) atoms. The van der Waals surface area contributed by atoms with Gasteiger partial charge in [0.05, 0.1) is 0 Å². The van der Waals surface area contributed by atoms with Crippen molar-refractivity contribution in [3.8, 4) is 0 Å². The molecule has 0 bridgehead atoms. The minimum atomic E-state index is -2.38. The van der Waals surface area contributed by atoms with Crippen molar-refractivity contribution in [1.82, 2.24) is 5.32 Å². The highest BCUT2D eigenvalue weighted by molar-refractivity contribution is 7.99. The van der Waals surface area contributed by atoms with E-state index in [9.17, 15) is 8.78 Å². The molecule has 2 rings (SSSR count). The van der Waals surface area contributed by atoms with E-state index < -0.39 is 6.43 Å². The van der Waals surface area contributed by atoms with Gasteiger partial charge in [0.2, 0.25) is 0 Å². The quantitative estimate of drug-likeness (QED) is 0.832. The van der Waals surface area contributed by atoms with Gasteiger partial charge in [0.1, 0.15) is 0 Å². The van der Waals surface area contributed by atoms with Gasteiger partial charge in [-0.3, -0.25) is 0 Å². The molecule has 1 N–H and O–H groups in total. The van der Waals surface area contributed by atoms with Gasteiger partial charge in [-0.2, -0.15) is 11.8 Å². The molecule has 1 aromatic rings. The Morgan fingerprint density at radius 1 is 1.37 bits per heavy atom. The molecule has 0 amide bonds. The minimum absolute atomic E-state index is 0.116. The van der Waals surface area contributed by atoms with E-state index in [1.807, 2.05) is 17.8 Å². The van der Waals surface area contributed by atoms with Gasteiger partial charge in [-0.25, -0.2) is 8.78 Å². The van der Waals surface area contributed by atoms with Gasteiger partial charge < -0.3 is 5.32 Å². The third-order valence-electron chi connectivity index (χ3n) is 3.60. The fourth-order valence-corrected chi connectivity index (χ4v) is 3.89. The monoisotopic (exact) mass is 285 g/mol. The van der Waals surface area contributed by atoms with E-state index >= 15 is 0 Å². The van der Waals surface area contributed by atoms with Crippen LogP contribution in [0.3, 0.4) is 0 Å². The predicted molar refractivity (Wildman–Crippen MR) is 77.8 cm³/mol. The molecule has 2 unspecified atom stereocenters. The molecule has 1 aliphatic rings. The van der Waals surface area contributed by atoms with Crippen molar-refractivity contribution in [3.63, 3.8) is 0 Å². The summed E-state index contributed by atoms with van der Waals surface area (Å²) in [5.74, 6) is 1.14. The Morgan fingerprint density at radius 2 is 2.21 bits per heavy atom. The van der Waals surface area contributed by atoms with Crippen LogP contribution in [-0.2, 0) is 6.54 Å². The molecule has 0 saturated heterocycles. The molecule has 4 heteroatoms. The first kappa shape index (κ1) is 14.8. The Hall–Kier alpha value is -0.610. The number of thioether (sulfide) groups is 1. The van der Waals surface area contributed by atoms with Crippen LogP contribution in [0.2, 0.25) is 0 Å². The van der Waals surface area contributed by atoms with Gasteiger partial charge >= 0.3 is 0 Å². The Balaban J connectivity index is 1.89. The standard InChI is InChI=1S/C15H21F2NS/c1-2-19-14-8-4-7-13(14)18-10-11-5-3-6-12(9-11)15(16)17/h3,5-6,9,13-15,18H,2,4,7-8,10H2,1H3. The van der Waals surface area contributed by atoms with Crippen LogP contribution in [0, 0.1) is 0 Å². The fraction of sp³-hybridized carbons (Fsp3) is 0.600. The highest BCUT2D eigenvalue weighted by Gasteiger charge is 2.26. The van der Waals surface area contributed by atoms with Crippen LogP contribution in [0.1, 0.15) is 43.7 Å². The summed E-state index contributed by atoms with van der Waals surface area (Å²) in [7, 11) is 0. The average molecular weight is 285 g/mol. The number of benzene rings is 1. The second-order valence-electron chi connectivity index (χ2n) is 4.96. The molecule has 1 aromatic carbocycles. The number of hydrogen-bond donors (Lipinski definition) is 1. The Kier molecular flexibility index (Phi) is 5.64. The third-order valence-corrected chi connectivity index (χ3v) is 4.93.